The average molecular weight is 272 g/mol. The van der Waals surface area contributed by atoms with Gasteiger partial charge in [0.15, 0.2) is 0 Å². The zero-order valence-corrected chi connectivity index (χ0v) is 13.0. The first-order chi connectivity index (χ1) is 9.29. The molecule has 0 saturated heterocycles. The third-order valence-electron chi connectivity index (χ3n) is 4.28. The normalized spacial score (nSPS) is 18.3. The zero-order valence-electron chi connectivity index (χ0n) is 13.0. The summed E-state index contributed by atoms with van der Waals surface area (Å²) in [5.41, 5.74) is 4.15. The van der Waals surface area contributed by atoms with Crippen molar-refractivity contribution < 1.29 is 9.53 Å². The zero-order chi connectivity index (χ0) is 14.9. The standard InChI is InChI=1S/C18H24O2/c1-12(2)17(19)20-18(4,5)16-9-8-14-7-6-13(3)10-15(14)11-16/h6-7,10,16H,1,8-9,11H2,2-5H3. The molecule has 2 nitrogen and oxygen atoms in total. The summed E-state index contributed by atoms with van der Waals surface area (Å²) >= 11 is 0. The molecule has 0 N–H and O–H groups in total. The lowest BCUT2D eigenvalue weighted by atomic mass is 9.75. The summed E-state index contributed by atoms with van der Waals surface area (Å²) in [4.78, 5) is 11.8. The topological polar surface area (TPSA) is 26.3 Å². The van der Waals surface area contributed by atoms with Crippen LogP contribution in [0.25, 0.3) is 0 Å². The molecule has 0 spiro atoms. The number of benzene rings is 1. The van der Waals surface area contributed by atoms with Gasteiger partial charge >= 0.3 is 5.97 Å². The van der Waals surface area contributed by atoms with Crippen LogP contribution in [0.5, 0.6) is 0 Å². The Morgan fingerprint density at radius 3 is 2.70 bits per heavy atom. The van der Waals surface area contributed by atoms with E-state index in [1.807, 2.05) is 13.8 Å². The molecule has 20 heavy (non-hydrogen) atoms. The Kier molecular flexibility index (Phi) is 4.03. The molecule has 0 saturated carbocycles. The van der Waals surface area contributed by atoms with Gasteiger partial charge in [-0.05, 0) is 58.1 Å². The minimum Gasteiger partial charge on any atom is -0.456 e. The lowest BCUT2D eigenvalue weighted by molar-refractivity contribution is -0.157. The fraction of sp³-hybridized carbons (Fsp3) is 0.500. The second-order valence-corrected chi connectivity index (χ2v) is 6.49. The molecule has 1 aliphatic rings. The molecule has 1 unspecified atom stereocenters. The van der Waals surface area contributed by atoms with Crippen LogP contribution < -0.4 is 0 Å². The molecule has 0 fully saturated rings. The van der Waals surface area contributed by atoms with Crippen molar-refractivity contribution in [1.82, 2.24) is 0 Å². The van der Waals surface area contributed by atoms with Gasteiger partial charge in [-0.3, -0.25) is 0 Å². The molecule has 0 amide bonds. The largest absolute Gasteiger partial charge is 0.456 e. The first-order valence-corrected chi connectivity index (χ1v) is 7.27. The Bertz CT molecular complexity index is 540. The van der Waals surface area contributed by atoms with E-state index in [2.05, 4.69) is 31.7 Å². The molecule has 0 aliphatic heterocycles. The molecule has 0 heterocycles. The quantitative estimate of drug-likeness (QED) is 0.614. The monoisotopic (exact) mass is 272 g/mol. The van der Waals surface area contributed by atoms with Crippen LogP contribution in [0, 0.1) is 12.8 Å². The molecule has 1 aliphatic carbocycles. The van der Waals surface area contributed by atoms with E-state index in [1.165, 1.54) is 16.7 Å². The van der Waals surface area contributed by atoms with Gasteiger partial charge in [-0.25, -0.2) is 4.79 Å². The summed E-state index contributed by atoms with van der Waals surface area (Å²) in [7, 11) is 0. The van der Waals surface area contributed by atoms with Crippen molar-refractivity contribution in [2.24, 2.45) is 5.92 Å². The van der Waals surface area contributed by atoms with Crippen molar-refractivity contribution in [3.05, 3.63) is 47.0 Å². The van der Waals surface area contributed by atoms with Gasteiger partial charge < -0.3 is 4.74 Å². The number of hydrogen-bond donors (Lipinski definition) is 0. The third-order valence-corrected chi connectivity index (χ3v) is 4.28. The maximum Gasteiger partial charge on any atom is 0.333 e. The highest BCUT2D eigenvalue weighted by molar-refractivity contribution is 5.87. The highest BCUT2D eigenvalue weighted by Crippen LogP contribution is 2.35. The van der Waals surface area contributed by atoms with Gasteiger partial charge in [-0.2, -0.15) is 0 Å². The second-order valence-electron chi connectivity index (χ2n) is 6.49. The fourth-order valence-corrected chi connectivity index (χ4v) is 2.89. The van der Waals surface area contributed by atoms with Crippen LogP contribution >= 0.6 is 0 Å². The number of ether oxygens (including phenoxy) is 1. The Balaban J connectivity index is 2.15. The minimum atomic E-state index is -0.447. The Morgan fingerprint density at radius 2 is 2.05 bits per heavy atom. The van der Waals surface area contributed by atoms with Crippen molar-refractivity contribution in [1.29, 1.82) is 0 Å². The fourth-order valence-electron chi connectivity index (χ4n) is 2.89. The van der Waals surface area contributed by atoms with Crippen LogP contribution in [0.15, 0.2) is 30.4 Å². The van der Waals surface area contributed by atoms with Crippen molar-refractivity contribution in [2.45, 2.75) is 52.6 Å². The number of esters is 1. The van der Waals surface area contributed by atoms with Gasteiger partial charge in [-0.15, -0.1) is 0 Å². The SMILES string of the molecule is C=C(C)C(=O)OC(C)(C)C1CCc2ccc(C)cc2C1. The Labute approximate surface area is 121 Å². The number of aryl methyl sites for hydroxylation is 2. The highest BCUT2D eigenvalue weighted by Gasteiger charge is 2.35. The van der Waals surface area contributed by atoms with E-state index in [0.717, 1.165) is 19.3 Å². The van der Waals surface area contributed by atoms with Crippen LogP contribution in [0.4, 0.5) is 0 Å². The van der Waals surface area contributed by atoms with E-state index in [1.54, 1.807) is 6.92 Å². The van der Waals surface area contributed by atoms with E-state index in [0.29, 0.717) is 11.5 Å². The second kappa shape index (κ2) is 5.43. The highest BCUT2D eigenvalue weighted by atomic mass is 16.6. The number of carbonyl (C=O) groups excluding carboxylic acids is 1. The molecule has 1 atom stereocenters. The van der Waals surface area contributed by atoms with E-state index >= 15 is 0 Å². The summed E-state index contributed by atoms with van der Waals surface area (Å²) in [6, 6.07) is 6.66. The molecule has 0 aromatic heterocycles. The van der Waals surface area contributed by atoms with Crippen molar-refractivity contribution >= 4 is 5.97 Å². The van der Waals surface area contributed by atoms with Crippen LogP contribution in [0.2, 0.25) is 0 Å². The van der Waals surface area contributed by atoms with Crippen LogP contribution in [-0.4, -0.2) is 11.6 Å². The van der Waals surface area contributed by atoms with E-state index in [4.69, 9.17) is 4.74 Å². The predicted molar refractivity (Wildman–Crippen MR) is 81.7 cm³/mol. The maximum absolute atomic E-state index is 11.8. The summed E-state index contributed by atoms with van der Waals surface area (Å²) in [5.74, 6) is 0.0742. The number of hydrogen-bond acceptors (Lipinski definition) is 2. The van der Waals surface area contributed by atoms with Gasteiger partial charge in [0.25, 0.3) is 0 Å². The molecular weight excluding hydrogens is 248 g/mol. The van der Waals surface area contributed by atoms with Gasteiger partial charge in [-0.1, -0.05) is 30.3 Å². The predicted octanol–water partition coefficient (Wildman–Crippen LogP) is 4.00. The Hall–Kier alpha value is -1.57. The summed E-state index contributed by atoms with van der Waals surface area (Å²) in [6.07, 6.45) is 3.11. The smallest absolute Gasteiger partial charge is 0.333 e. The first-order valence-electron chi connectivity index (χ1n) is 7.27. The molecule has 2 rings (SSSR count). The minimum absolute atomic E-state index is 0.287. The van der Waals surface area contributed by atoms with Crippen LogP contribution in [-0.2, 0) is 22.4 Å². The number of fused-ring (bicyclic) bond motifs is 1. The van der Waals surface area contributed by atoms with Gasteiger partial charge in [0.05, 0.1) is 0 Å². The van der Waals surface area contributed by atoms with Crippen molar-refractivity contribution in [2.75, 3.05) is 0 Å². The summed E-state index contributed by atoms with van der Waals surface area (Å²) < 4.78 is 5.65. The summed E-state index contributed by atoms with van der Waals surface area (Å²) in [5, 5.41) is 0. The Morgan fingerprint density at radius 1 is 1.35 bits per heavy atom. The molecule has 0 bridgehead atoms. The third kappa shape index (κ3) is 3.12. The summed E-state index contributed by atoms with van der Waals surface area (Å²) in [6.45, 7) is 11.5. The maximum atomic E-state index is 11.8. The molecule has 108 valence electrons. The van der Waals surface area contributed by atoms with Crippen LogP contribution in [0.3, 0.4) is 0 Å². The molecular formula is C18H24O2. The van der Waals surface area contributed by atoms with Crippen molar-refractivity contribution in [3.63, 3.8) is 0 Å². The molecule has 2 heteroatoms. The lowest BCUT2D eigenvalue weighted by Gasteiger charge is -2.37. The average Bonchev–Trinajstić information content (AvgIpc) is 2.37. The van der Waals surface area contributed by atoms with Gasteiger partial charge in [0.1, 0.15) is 5.60 Å². The van der Waals surface area contributed by atoms with Crippen molar-refractivity contribution in [3.8, 4) is 0 Å². The number of carbonyl (C=O) groups is 1. The van der Waals surface area contributed by atoms with Gasteiger partial charge in [0, 0.05) is 11.5 Å². The van der Waals surface area contributed by atoms with Gasteiger partial charge in [0.2, 0.25) is 0 Å². The van der Waals surface area contributed by atoms with E-state index in [-0.39, 0.29) is 5.97 Å². The number of rotatable bonds is 3. The van der Waals surface area contributed by atoms with Crippen LogP contribution in [0.1, 0.15) is 43.9 Å². The molecule has 1 aromatic rings. The van der Waals surface area contributed by atoms with E-state index < -0.39 is 5.60 Å². The van der Waals surface area contributed by atoms with E-state index in [9.17, 15) is 4.79 Å². The molecule has 0 radical (unpaired) electrons. The first kappa shape index (κ1) is 14.8. The lowest BCUT2D eigenvalue weighted by Crippen LogP contribution is -2.40. The molecule has 1 aromatic carbocycles.